The zero-order chi connectivity index (χ0) is 10.1. The Balaban J connectivity index is 0.00000112. The van der Waals surface area contributed by atoms with E-state index in [1.165, 1.54) is 0 Å². The molecular weight excluding hydrogens is 448 g/mol. The number of rotatable bonds is 1. The monoisotopic (exact) mass is 455 g/mol. The van der Waals surface area contributed by atoms with Crippen molar-refractivity contribution < 1.29 is 9.90 Å². The average Bonchev–Trinajstić information content (AvgIpc) is 2.17. The van der Waals surface area contributed by atoms with Crippen molar-refractivity contribution in [3.05, 3.63) is 46.4 Å². The molecule has 2 rings (SSSR count). The van der Waals surface area contributed by atoms with Crippen LogP contribution in [0.1, 0.15) is 10.4 Å². The van der Waals surface area contributed by atoms with E-state index in [0.29, 0.717) is 5.56 Å². The normalized spacial score (nSPS) is 9.67. The van der Waals surface area contributed by atoms with E-state index in [0.717, 1.165) is 15.2 Å². The average molecular weight is 455 g/mol. The SMILES string of the molecule is O=C(O)c1ccc2c(Br)cccc2c1.[Tl]. The van der Waals surface area contributed by atoms with Crippen LogP contribution in [0.4, 0.5) is 0 Å². The first-order valence-corrected chi connectivity index (χ1v) is 4.89. The summed E-state index contributed by atoms with van der Waals surface area (Å²) in [7, 11) is 0. The van der Waals surface area contributed by atoms with Gasteiger partial charge in [0.2, 0.25) is 0 Å². The summed E-state index contributed by atoms with van der Waals surface area (Å²) in [6.07, 6.45) is 0. The fourth-order valence-electron chi connectivity index (χ4n) is 1.38. The van der Waals surface area contributed by atoms with E-state index in [9.17, 15) is 4.79 Å². The summed E-state index contributed by atoms with van der Waals surface area (Å²) < 4.78 is 0.979. The summed E-state index contributed by atoms with van der Waals surface area (Å²) in [6, 6.07) is 10.8. The summed E-state index contributed by atoms with van der Waals surface area (Å²) in [5.41, 5.74) is 0.315. The zero-order valence-corrected chi connectivity index (χ0v) is 13.8. The molecule has 0 aliphatic rings. The Hall–Kier alpha value is -0.428. The number of carboxylic acids is 1. The van der Waals surface area contributed by atoms with Gasteiger partial charge in [-0.25, -0.2) is 4.79 Å². The molecule has 0 aliphatic carbocycles. The van der Waals surface area contributed by atoms with E-state index < -0.39 is 5.97 Å². The van der Waals surface area contributed by atoms with Crippen LogP contribution in [0.15, 0.2) is 40.9 Å². The molecule has 0 aliphatic heterocycles. The summed E-state index contributed by atoms with van der Waals surface area (Å²) in [4.78, 5) is 10.7. The van der Waals surface area contributed by atoms with Crippen molar-refractivity contribution >= 4 is 60.0 Å². The second-order valence-corrected chi connectivity index (χ2v) is 3.84. The fourth-order valence-corrected chi connectivity index (χ4v) is 1.89. The van der Waals surface area contributed by atoms with Gasteiger partial charge in [0.25, 0.3) is 0 Å². The van der Waals surface area contributed by atoms with E-state index in [4.69, 9.17) is 5.11 Å². The van der Waals surface area contributed by atoms with Gasteiger partial charge in [0.05, 0.1) is 5.56 Å². The molecule has 0 unspecified atom stereocenters. The number of aromatic carboxylic acids is 1. The van der Waals surface area contributed by atoms with Gasteiger partial charge in [-0.1, -0.05) is 34.1 Å². The Kier molecular flexibility index (Phi) is 4.27. The second-order valence-electron chi connectivity index (χ2n) is 2.98. The van der Waals surface area contributed by atoms with Crippen LogP contribution in [0.5, 0.6) is 0 Å². The topological polar surface area (TPSA) is 37.3 Å². The summed E-state index contributed by atoms with van der Waals surface area (Å²) in [5, 5.41) is 10.8. The Morgan fingerprint density at radius 3 is 2.60 bits per heavy atom. The smallest absolute Gasteiger partial charge is 0.335 e. The van der Waals surface area contributed by atoms with Crippen molar-refractivity contribution in [1.29, 1.82) is 0 Å². The quantitative estimate of drug-likeness (QED) is 0.672. The van der Waals surface area contributed by atoms with Gasteiger partial charge >= 0.3 is 5.97 Å². The van der Waals surface area contributed by atoms with E-state index in [1.54, 1.807) is 12.1 Å². The molecule has 0 heterocycles. The number of carboxylic acid groups (broad SMARTS) is 1. The van der Waals surface area contributed by atoms with E-state index in [2.05, 4.69) is 15.9 Å². The molecule has 73 valence electrons. The van der Waals surface area contributed by atoms with Gasteiger partial charge in [-0.05, 0) is 29.0 Å². The van der Waals surface area contributed by atoms with Crippen LogP contribution in [0.2, 0.25) is 0 Å². The van der Waals surface area contributed by atoms with Gasteiger partial charge in [-0.15, -0.1) is 0 Å². The molecule has 4 heteroatoms. The molecule has 2 nitrogen and oxygen atoms in total. The molecule has 0 atom stereocenters. The summed E-state index contributed by atoms with van der Waals surface area (Å²) in [6.45, 7) is 0. The molecular formula is C11H7BrO2Tl. The van der Waals surface area contributed by atoms with Crippen LogP contribution in [-0.2, 0) is 0 Å². The van der Waals surface area contributed by atoms with E-state index >= 15 is 0 Å². The molecule has 1 N–H and O–H groups in total. The predicted molar refractivity (Wildman–Crippen MR) is 64.4 cm³/mol. The third-order valence-corrected chi connectivity index (χ3v) is 2.77. The van der Waals surface area contributed by atoms with Gasteiger partial charge in [0, 0.05) is 31.8 Å². The number of hydrogen-bond donors (Lipinski definition) is 1. The number of benzene rings is 2. The maximum absolute atomic E-state index is 10.7. The third kappa shape index (κ3) is 2.57. The van der Waals surface area contributed by atoms with Crippen LogP contribution in [-0.4, -0.2) is 38.4 Å². The molecule has 2 aromatic carbocycles. The van der Waals surface area contributed by atoms with Crippen LogP contribution in [0.3, 0.4) is 0 Å². The molecule has 0 spiro atoms. The number of fused-ring (bicyclic) bond motifs is 1. The summed E-state index contributed by atoms with van der Waals surface area (Å²) in [5.74, 6) is -0.896. The molecule has 0 amide bonds. The maximum atomic E-state index is 10.7. The number of halogens is 1. The van der Waals surface area contributed by atoms with Crippen molar-refractivity contribution in [1.82, 2.24) is 0 Å². The minimum atomic E-state index is -0.896. The fraction of sp³-hybridized carbons (Fsp3) is 0. The first-order chi connectivity index (χ1) is 6.68. The first-order valence-electron chi connectivity index (χ1n) is 4.10. The molecule has 0 saturated heterocycles. The van der Waals surface area contributed by atoms with Crippen molar-refractivity contribution in [2.75, 3.05) is 0 Å². The number of carbonyl (C=O) groups is 1. The Morgan fingerprint density at radius 1 is 1.20 bits per heavy atom. The standard InChI is InChI=1S/C11H7BrO2.Tl/c12-10-3-1-2-7-6-8(11(13)14)4-5-9(7)10;/h1-6H,(H,13,14);. The van der Waals surface area contributed by atoms with Gasteiger partial charge in [-0.3, -0.25) is 0 Å². The summed E-state index contributed by atoms with van der Waals surface area (Å²) >= 11 is 3.41. The molecule has 0 bridgehead atoms. The minimum absolute atomic E-state index is 0. The molecule has 1 radical (unpaired) electrons. The Morgan fingerprint density at radius 2 is 1.93 bits per heavy atom. The first kappa shape index (κ1) is 12.6. The van der Waals surface area contributed by atoms with Crippen LogP contribution in [0.25, 0.3) is 10.8 Å². The van der Waals surface area contributed by atoms with Crippen LogP contribution in [0, 0.1) is 0 Å². The second kappa shape index (κ2) is 5.07. The van der Waals surface area contributed by atoms with Crippen molar-refractivity contribution in [3.8, 4) is 0 Å². The third-order valence-electron chi connectivity index (χ3n) is 2.07. The predicted octanol–water partition coefficient (Wildman–Crippen LogP) is 2.92. The van der Waals surface area contributed by atoms with Gasteiger partial charge < -0.3 is 5.11 Å². The molecule has 0 saturated carbocycles. The Labute approximate surface area is 116 Å². The zero-order valence-electron chi connectivity index (χ0n) is 7.77. The largest absolute Gasteiger partial charge is 0.478 e. The molecule has 0 fully saturated rings. The van der Waals surface area contributed by atoms with Crippen molar-refractivity contribution in [2.45, 2.75) is 0 Å². The minimum Gasteiger partial charge on any atom is -0.478 e. The Bertz CT molecular complexity index is 511. The van der Waals surface area contributed by atoms with Crippen molar-refractivity contribution in [2.24, 2.45) is 0 Å². The maximum Gasteiger partial charge on any atom is 0.335 e. The van der Waals surface area contributed by atoms with Gasteiger partial charge in [-0.2, -0.15) is 0 Å². The molecule has 15 heavy (non-hydrogen) atoms. The van der Waals surface area contributed by atoms with E-state index in [-0.39, 0.29) is 27.3 Å². The molecule has 2 aromatic rings. The van der Waals surface area contributed by atoms with E-state index in [1.807, 2.05) is 24.3 Å². The molecule has 0 aromatic heterocycles. The van der Waals surface area contributed by atoms with Crippen LogP contribution >= 0.6 is 15.9 Å². The van der Waals surface area contributed by atoms with Crippen molar-refractivity contribution in [3.63, 3.8) is 0 Å². The van der Waals surface area contributed by atoms with Gasteiger partial charge in [0.1, 0.15) is 0 Å². The number of hydrogen-bond acceptors (Lipinski definition) is 1. The van der Waals surface area contributed by atoms with Crippen LogP contribution < -0.4 is 0 Å². The van der Waals surface area contributed by atoms with Gasteiger partial charge in [0.15, 0.2) is 0 Å².